The smallest absolute Gasteiger partial charge is 0.363 e. The highest BCUT2D eigenvalue weighted by molar-refractivity contribution is 6.13. The third-order valence-corrected chi connectivity index (χ3v) is 5.59. The Kier molecular flexibility index (Phi) is 6.04. The van der Waals surface area contributed by atoms with Crippen molar-refractivity contribution in [3.05, 3.63) is 131 Å². The molecular weight excluding hydrogens is 422 g/mol. The van der Waals surface area contributed by atoms with Crippen molar-refractivity contribution in [1.29, 1.82) is 0 Å². The van der Waals surface area contributed by atoms with E-state index in [2.05, 4.69) is 36.2 Å². The second-order valence-corrected chi connectivity index (χ2v) is 8.09. The van der Waals surface area contributed by atoms with Crippen LogP contribution in [0, 0.1) is 6.92 Å². The van der Waals surface area contributed by atoms with Gasteiger partial charge < -0.3 is 9.47 Å². The first-order chi connectivity index (χ1) is 16.7. The van der Waals surface area contributed by atoms with Crippen LogP contribution < -0.4 is 4.74 Å². The lowest BCUT2D eigenvalue weighted by Crippen LogP contribution is -2.05. The molecule has 4 aromatic carbocycles. The maximum Gasteiger partial charge on any atom is 0.363 e. The number of aliphatic imine (C=N–C) groups is 1. The lowest BCUT2D eigenvalue weighted by molar-refractivity contribution is -0.129. The van der Waals surface area contributed by atoms with Crippen molar-refractivity contribution in [2.24, 2.45) is 4.99 Å². The van der Waals surface area contributed by atoms with E-state index >= 15 is 0 Å². The molecule has 1 heterocycles. The summed E-state index contributed by atoms with van der Waals surface area (Å²) in [6, 6.07) is 33.7. The molecule has 0 N–H and O–H groups in total. The van der Waals surface area contributed by atoms with Crippen LogP contribution in [-0.2, 0) is 16.1 Å². The molecule has 1 aliphatic heterocycles. The first-order valence-electron chi connectivity index (χ1n) is 11.1. The number of nitrogens with zero attached hydrogens (tertiary/aromatic N) is 1. The van der Waals surface area contributed by atoms with Crippen LogP contribution in [0.1, 0.15) is 22.3 Å². The lowest BCUT2D eigenvalue weighted by Gasteiger charge is -2.09. The van der Waals surface area contributed by atoms with E-state index in [1.54, 1.807) is 6.08 Å². The SMILES string of the molecule is Cc1ccc(COc2ccccc2/C=C2\N=C(c3ccc(-c4ccccc4)cc3)OC2=O)cc1. The van der Waals surface area contributed by atoms with Gasteiger partial charge in [-0.25, -0.2) is 9.79 Å². The fourth-order valence-corrected chi connectivity index (χ4v) is 3.69. The number of esters is 1. The number of hydrogen-bond acceptors (Lipinski definition) is 4. The maximum absolute atomic E-state index is 12.5. The third-order valence-electron chi connectivity index (χ3n) is 5.59. The average molecular weight is 446 g/mol. The van der Waals surface area contributed by atoms with Crippen molar-refractivity contribution < 1.29 is 14.3 Å². The monoisotopic (exact) mass is 445 g/mol. The van der Waals surface area contributed by atoms with Crippen molar-refractivity contribution in [3.8, 4) is 16.9 Å². The Bertz CT molecular complexity index is 1370. The molecule has 4 heteroatoms. The van der Waals surface area contributed by atoms with Crippen LogP contribution in [0.2, 0.25) is 0 Å². The molecule has 0 saturated carbocycles. The average Bonchev–Trinajstić information content (AvgIpc) is 3.25. The molecule has 0 aromatic heterocycles. The molecule has 0 bridgehead atoms. The zero-order valence-corrected chi connectivity index (χ0v) is 18.8. The number of carbonyl (C=O) groups is 1. The van der Waals surface area contributed by atoms with E-state index in [0.717, 1.165) is 27.8 Å². The van der Waals surface area contributed by atoms with Gasteiger partial charge in [0.1, 0.15) is 12.4 Å². The molecule has 0 aliphatic carbocycles. The van der Waals surface area contributed by atoms with Crippen molar-refractivity contribution in [3.63, 3.8) is 0 Å². The summed E-state index contributed by atoms with van der Waals surface area (Å²) in [5, 5.41) is 0. The van der Waals surface area contributed by atoms with Crippen LogP contribution in [0.5, 0.6) is 5.75 Å². The Morgan fingerprint density at radius 2 is 1.41 bits per heavy atom. The number of benzene rings is 4. The fraction of sp³-hybridized carbons (Fsp3) is 0.0667. The normalized spacial score (nSPS) is 14.1. The molecule has 5 rings (SSSR count). The molecular formula is C30H23NO3. The fourth-order valence-electron chi connectivity index (χ4n) is 3.69. The number of cyclic esters (lactones) is 1. The molecule has 0 radical (unpaired) electrons. The topological polar surface area (TPSA) is 47.9 Å². The number of hydrogen-bond donors (Lipinski definition) is 0. The summed E-state index contributed by atoms with van der Waals surface area (Å²) in [5.74, 6) is 0.503. The van der Waals surface area contributed by atoms with Crippen LogP contribution in [-0.4, -0.2) is 11.9 Å². The highest BCUT2D eigenvalue weighted by Gasteiger charge is 2.24. The second-order valence-electron chi connectivity index (χ2n) is 8.09. The van der Waals surface area contributed by atoms with Gasteiger partial charge in [-0.05, 0) is 47.9 Å². The van der Waals surface area contributed by atoms with Crippen molar-refractivity contribution in [1.82, 2.24) is 0 Å². The number of carbonyl (C=O) groups excluding carboxylic acids is 1. The standard InChI is InChI=1S/C30H23NO3/c1-21-11-13-22(14-12-21)20-33-28-10-6-5-9-26(28)19-27-30(32)34-29(31-27)25-17-15-24(16-18-25)23-7-3-2-4-8-23/h2-19H,20H2,1H3/b27-19-. The first-order valence-corrected chi connectivity index (χ1v) is 11.1. The van der Waals surface area contributed by atoms with Crippen LogP contribution in [0.25, 0.3) is 17.2 Å². The largest absolute Gasteiger partial charge is 0.488 e. The van der Waals surface area contributed by atoms with Gasteiger partial charge in [-0.1, -0.05) is 90.5 Å². The van der Waals surface area contributed by atoms with E-state index in [0.29, 0.717) is 18.3 Å². The van der Waals surface area contributed by atoms with Gasteiger partial charge in [0.25, 0.3) is 0 Å². The second kappa shape index (κ2) is 9.59. The summed E-state index contributed by atoms with van der Waals surface area (Å²) in [6.07, 6.45) is 1.71. The maximum atomic E-state index is 12.5. The first kappa shape index (κ1) is 21.4. The van der Waals surface area contributed by atoms with Gasteiger partial charge >= 0.3 is 5.97 Å². The molecule has 0 unspecified atom stereocenters. The molecule has 0 fully saturated rings. The molecule has 1 aliphatic rings. The summed E-state index contributed by atoms with van der Waals surface area (Å²) in [4.78, 5) is 17.0. The summed E-state index contributed by atoms with van der Waals surface area (Å²) in [7, 11) is 0. The molecule has 0 amide bonds. The highest BCUT2D eigenvalue weighted by Crippen LogP contribution is 2.26. The van der Waals surface area contributed by atoms with Crippen LogP contribution >= 0.6 is 0 Å². The quantitative estimate of drug-likeness (QED) is 0.249. The minimum atomic E-state index is -0.476. The summed E-state index contributed by atoms with van der Waals surface area (Å²) >= 11 is 0. The van der Waals surface area contributed by atoms with E-state index < -0.39 is 5.97 Å². The van der Waals surface area contributed by atoms with Crippen molar-refractivity contribution in [2.45, 2.75) is 13.5 Å². The van der Waals surface area contributed by atoms with Gasteiger partial charge in [0.2, 0.25) is 5.90 Å². The molecule has 166 valence electrons. The molecule has 4 aromatic rings. The van der Waals surface area contributed by atoms with Gasteiger partial charge in [-0.2, -0.15) is 0 Å². The van der Waals surface area contributed by atoms with E-state index in [-0.39, 0.29) is 5.70 Å². The number of ether oxygens (including phenoxy) is 2. The Hall–Kier alpha value is -4.44. The molecule has 0 saturated heterocycles. The summed E-state index contributed by atoms with van der Waals surface area (Å²) in [6.45, 7) is 2.49. The number of rotatable bonds is 6. The number of aryl methyl sites for hydroxylation is 1. The molecule has 4 nitrogen and oxygen atoms in total. The molecule has 0 spiro atoms. The molecule has 34 heavy (non-hydrogen) atoms. The Labute approximate surface area is 198 Å². The zero-order valence-electron chi connectivity index (χ0n) is 18.8. The van der Waals surface area contributed by atoms with E-state index in [1.807, 2.05) is 78.9 Å². The van der Waals surface area contributed by atoms with Crippen molar-refractivity contribution in [2.75, 3.05) is 0 Å². The Morgan fingerprint density at radius 3 is 2.18 bits per heavy atom. The van der Waals surface area contributed by atoms with Gasteiger partial charge in [-0.15, -0.1) is 0 Å². The minimum Gasteiger partial charge on any atom is -0.488 e. The van der Waals surface area contributed by atoms with E-state index in [1.165, 1.54) is 5.56 Å². The Morgan fingerprint density at radius 1 is 0.765 bits per heavy atom. The summed E-state index contributed by atoms with van der Waals surface area (Å²) < 4.78 is 11.5. The van der Waals surface area contributed by atoms with Gasteiger partial charge in [0.05, 0.1) is 0 Å². The Balaban J connectivity index is 1.35. The zero-order chi connectivity index (χ0) is 23.3. The minimum absolute atomic E-state index is 0.244. The number of para-hydroxylation sites is 1. The predicted molar refractivity (Wildman–Crippen MR) is 134 cm³/mol. The van der Waals surface area contributed by atoms with E-state index in [9.17, 15) is 4.79 Å². The molecule has 0 atom stereocenters. The predicted octanol–water partition coefficient (Wildman–Crippen LogP) is 6.59. The van der Waals surface area contributed by atoms with Crippen LogP contribution in [0.4, 0.5) is 0 Å². The highest BCUT2D eigenvalue weighted by atomic mass is 16.6. The van der Waals surface area contributed by atoms with Gasteiger partial charge in [0.15, 0.2) is 5.70 Å². The van der Waals surface area contributed by atoms with Crippen molar-refractivity contribution >= 4 is 17.9 Å². The third kappa shape index (κ3) is 4.81. The van der Waals surface area contributed by atoms with E-state index in [4.69, 9.17) is 9.47 Å². The van der Waals surface area contributed by atoms with Gasteiger partial charge in [-0.3, -0.25) is 0 Å². The van der Waals surface area contributed by atoms with Crippen LogP contribution in [0.3, 0.4) is 0 Å². The lowest BCUT2D eigenvalue weighted by atomic mass is 10.0. The van der Waals surface area contributed by atoms with Crippen LogP contribution in [0.15, 0.2) is 114 Å². The summed E-state index contributed by atoms with van der Waals surface area (Å²) in [5.41, 5.74) is 6.26. The van der Waals surface area contributed by atoms with Gasteiger partial charge in [0, 0.05) is 11.1 Å².